The van der Waals surface area contributed by atoms with E-state index in [-0.39, 0.29) is 17.6 Å². The van der Waals surface area contributed by atoms with Gasteiger partial charge in [-0.3, -0.25) is 9.69 Å². The van der Waals surface area contributed by atoms with E-state index >= 15 is 0 Å². The fraction of sp³-hybridized carbons (Fsp3) is 0.333. The number of aromatic nitrogens is 2. The van der Waals surface area contributed by atoms with Gasteiger partial charge in [0.05, 0.1) is 24.2 Å². The molecule has 2 aromatic carbocycles. The molecule has 1 fully saturated rings. The number of nitrogens with one attached hydrogen (secondary N) is 3. The molecule has 0 radical (unpaired) electrons. The molecule has 0 spiro atoms. The van der Waals surface area contributed by atoms with E-state index in [0.717, 1.165) is 43.1 Å². The van der Waals surface area contributed by atoms with Crippen molar-refractivity contribution in [3.63, 3.8) is 0 Å². The number of methoxy groups -OCH3 is 1. The summed E-state index contributed by atoms with van der Waals surface area (Å²) in [4.78, 5) is 34.0. The molecule has 1 aliphatic heterocycles. The molecule has 0 unspecified atom stereocenters. The van der Waals surface area contributed by atoms with Gasteiger partial charge in [-0.25, -0.2) is 4.79 Å². The number of fused-ring (bicyclic) bond motifs is 1. The van der Waals surface area contributed by atoms with Gasteiger partial charge in [0.25, 0.3) is 0 Å². The van der Waals surface area contributed by atoms with E-state index in [1.54, 1.807) is 25.3 Å². The van der Waals surface area contributed by atoms with Gasteiger partial charge in [0.15, 0.2) is 0 Å². The van der Waals surface area contributed by atoms with Crippen LogP contribution in [0.1, 0.15) is 6.92 Å². The molecule has 0 saturated carbocycles. The molecule has 1 aliphatic rings. The van der Waals surface area contributed by atoms with Crippen LogP contribution in [-0.2, 0) is 4.79 Å². The highest BCUT2D eigenvalue weighted by Crippen LogP contribution is 2.21. The van der Waals surface area contributed by atoms with Crippen molar-refractivity contribution in [2.45, 2.75) is 13.0 Å². The summed E-state index contributed by atoms with van der Waals surface area (Å²) in [6.07, 6.45) is 0. The van der Waals surface area contributed by atoms with Crippen LogP contribution < -0.4 is 20.6 Å². The van der Waals surface area contributed by atoms with E-state index in [0.29, 0.717) is 11.2 Å². The lowest BCUT2D eigenvalue weighted by atomic mass is 10.2. The smallest absolute Gasteiger partial charge is 0.323 e. The summed E-state index contributed by atoms with van der Waals surface area (Å²) < 4.78 is 5.21. The monoisotopic (exact) mass is 395 g/mol. The molecule has 152 valence electrons. The van der Waals surface area contributed by atoms with E-state index in [2.05, 4.69) is 37.2 Å². The maximum absolute atomic E-state index is 12.7. The molecule has 3 aromatic rings. The van der Waals surface area contributed by atoms with Crippen molar-refractivity contribution in [1.82, 2.24) is 14.9 Å². The molecule has 4 rings (SSSR count). The summed E-state index contributed by atoms with van der Waals surface area (Å²) in [6.45, 7) is 5.27. The topological polar surface area (TPSA) is 93.5 Å². The van der Waals surface area contributed by atoms with Crippen LogP contribution in [0.4, 0.5) is 11.4 Å². The third-order valence-electron chi connectivity index (χ3n) is 5.46. The number of nitrogens with zero attached hydrogens (tertiary/aromatic N) is 2. The molecule has 0 bridgehead atoms. The lowest BCUT2D eigenvalue weighted by Crippen LogP contribution is -2.52. The van der Waals surface area contributed by atoms with Crippen LogP contribution in [0, 0.1) is 0 Å². The van der Waals surface area contributed by atoms with Crippen LogP contribution in [0.2, 0.25) is 0 Å². The summed E-state index contributed by atoms with van der Waals surface area (Å²) in [6, 6.07) is 13.1. The average Bonchev–Trinajstić information content (AvgIpc) is 3.12. The number of carbonyl (C=O) groups excluding carboxylic acids is 1. The van der Waals surface area contributed by atoms with Crippen LogP contribution in [0.3, 0.4) is 0 Å². The summed E-state index contributed by atoms with van der Waals surface area (Å²) >= 11 is 0. The molecule has 29 heavy (non-hydrogen) atoms. The Labute approximate surface area is 168 Å². The third kappa shape index (κ3) is 4.12. The van der Waals surface area contributed by atoms with Crippen LogP contribution >= 0.6 is 0 Å². The number of ether oxygens (including phenoxy) is 1. The number of imidazole rings is 1. The van der Waals surface area contributed by atoms with E-state index in [4.69, 9.17) is 4.74 Å². The predicted octanol–water partition coefficient (Wildman–Crippen LogP) is 2.01. The Morgan fingerprint density at radius 1 is 1.03 bits per heavy atom. The molecule has 0 aliphatic carbocycles. The lowest BCUT2D eigenvalue weighted by Gasteiger charge is -2.38. The van der Waals surface area contributed by atoms with E-state index in [9.17, 15) is 9.59 Å². The number of H-pyrrole nitrogens is 2. The van der Waals surface area contributed by atoms with Gasteiger partial charge in [-0.2, -0.15) is 0 Å². The molecule has 1 saturated heterocycles. The molecule has 1 amide bonds. The SMILES string of the molecule is COc1ccc(N2CCN([C@@H](C)C(=O)Nc3ccc4[nH]c(=O)[nH]c4c3)CC2)cc1. The Hall–Kier alpha value is -3.26. The van der Waals surface area contributed by atoms with E-state index < -0.39 is 0 Å². The number of aromatic amines is 2. The Balaban J connectivity index is 1.34. The molecule has 8 heteroatoms. The molecule has 8 nitrogen and oxygen atoms in total. The fourth-order valence-corrected chi connectivity index (χ4v) is 3.68. The van der Waals surface area contributed by atoms with Crippen molar-refractivity contribution < 1.29 is 9.53 Å². The minimum atomic E-state index is -0.258. The molecule has 1 atom stereocenters. The first-order valence-electron chi connectivity index (χ1n) is 9.69. The standard InChI is InChI=1S/C21H25N5O3/c1-14(20(27)22-15-3-8-18-19(13-15)24-21(28)23-18)25-9-11-26(12-10-25)16-4-6-17(29-2)7-5-16/h3-8,13-14H,9-12H2,1-2H3,(H,22,27)(H2,23,24,28)/t14-/m0/s1. The molecule has 1 aromatic heterocycles. The van der Waals surface area contributed by atoms with Crippen molar-refractivity contribution in [2.75, 3.05) is 43.5 Å². The summed E-state index contributed by atoms with van der Waals surface area (Å²) in [5.41, 5.74) is 2.97. The molecule has 3 N–H and O–H groups in total. The molecule has 2 heterocycles. The van der Waals surface area contributed by atoms with Crippen molar-refractivity contribution in [3.05, 3.63) is 52.9 Å². The maximum atomic E-state index is 12.7. The summed E-state index contributed by atoms with van der Waals surface area (Å²) in [5.74, 6) is 0.791. The summed E-state index contributed by atoms with van der Waals surface area (Å²) in [7, 11) is 1.66. The maximum Gasteiger partial charge on any atom is 0.323 e. The first kappa shape index (κ1) is 19.1. The number of hydrogen-bond donors (Lipinski definition) is 3. The largest absolute Gasteiger partial charge is 0.497 e. The van der Waals surface area contributed by atoms with Crippen LogP contribution in [-0.4, -0.2) is 60.1 Å². The fourth-order valence-electron chi connectivity index (χ4n) is 3.68. The zero-order valence-corrected chi connectivity index (χ0v) is 16.6. The normalized spacial score (nSPS) is 16.0. The Kier molecular flexibility index (Phi) is 5.26. The quantitative estimate of drug-likeness (QED) is 0.615. The van der Waals surface area contributed by atoms with Crippen molar-refractivity contribution in [1.29, 1.82) is 0 Å². The number of carbonyl (C=O) groups is 1. The van der Waals surface area contributed by atoms with Crippen molar-refractivity contribution >= 4 is 28.3 Å². The first-order valence-corrected chi connectivity index (χ1v) is 9.69. The number of anilines is 2. The minimum Gasteiger partial charge on any atom is -0.497 e. The third-order valence-corrected chi connectivity index (χ3v) is 5.46. The second-order valence-corrected chi connectivity index (χ2v) is 7.23. The highest BCUT2D eigenvalue weighted by atomic mass is 16.5. The average molecular weight is 395 g/mol. The van der Waals surface area contributed by atoms with Crippen LogP contribution in [0.5, 0.6) is 5.75 Å². The van der Waals surface area contributed by atoms with Crippen molar-refractivity contribution in [3.8, 4) is 5.75 Å². The van der Waals surface area contributed by atoms with Gasteiger partial charge in [-0.1, -0.05) is 0 Å². The highest BCUT2D eigenvalue weighted by Gasteiger charge is 2.25. The Morgan fingerprint density at radius 3 is 2.41 bits per heavy atom. The summed E-state index contributed by atoms with van der Waals surface area (Å²) in [5, 5.41) is 2.95. The zero-order valence-electron chi connectivity index (χ0n) is 16.6. The Morgan fingerprint density at radius 2 is 1.72 bits per heavy atom. The predicted molar refractivity (Wildman–Crippen MR) is 114 cm³/mol. The molecular formula is C21H25N5O3. The second kappa shape index (κ2) is 8.00. The lowest BCUT2D eigenvalue weighted by molar-refractivity contribution is -0.120. The van der Waals surface area contributed by atoms with Gasteiger partial charge in [0.1, 0.15) is 5.75 Å². The van der Waals surface area contributed by atoms with Gasteiger partial charge in [-0.05, 0) is 49.4 Å². The van der Waals surface area contributed by atoms with E-state index in [1.165, 1.54) is 0 Å². The second-order valence-electron chi connectivity index (χ2n) is 7.23. The number of amides is 1. The highest BCUT2D eigenvalue weighted by molar-refractivity contribution is 5.96. The Bertz CT molecular complexity index is 1050. The van der Waals surface area contributed by atoms with Crippen LogP contribution in [0.25, 0.3) is 11.0 Å². The van der Waals surface area contributed by atoms with Gasteiger partial charge >= 0.3 is 5.69 Å². The van der Waals surface area contributed by atoms with Gasteiger partial charge < -0.3 is 24.9 Å². The number of rotatable bonds is 5. The first-order chi connectivity index (χ1) is 14.0. The van der Waals surface area contributed by atoms with Crippen molar-refractivity contribution in [2.24, 2.45) is 0 Å². The number of benzene rings is 2. The van der Waals surface area contributed by atoms with Gasteiger partial charge in [0.2, 0.25) is 5.91 Å². The molecular weight excluding hydrogens is 370 g/mol. The van der Waals surface area contributed by atoms with Gasteiger partial charge in [-0.15, -0.1) is 0 Å². The minimum absolute atomic E-state index is 0.0554. The van der Waals surface area contributed by atoms with Gasteiger partial charge in [0, 0.05) is 37.6 Å². The zero-order chi connectivity index (χ0) is 20.4. The number of piperazine rings is 1. The van der Waals surface area contributed by atoms with Crippen LogP contribution in [0.15, 0.2) is 47.3 Å². The number of hydrogen-bond acceptors (Lipinski definition) is 5. The van der Waals surface area contributed by atoms with E-state index in [1.807, 2.05) is 19.1 Å².